The second-order valence-corrected chi connectivity index (χ2v) is 6.82. The number of carboxylic acids is 1. The highest BCUT2D eigenvalue weighted by Gasteiger charge is 2.23. The molecule has 1 saturated heterocycles. The Bertz CT molecular complexity index is 923. The van der Waals surface area contributed by atoms with Crippen LogP contribution < -0.4 is 0 Å². The lowest BCUT2D eigenvalue weighted by atomic mass is 9.95. The van der Waals surface area contributed by atoms with Crippen molar-refractivity contribution < 1.29 is 14.3 Å². The molecular formula is C21H21N3O3. The predicted molar refractivity (Wildman–Crippen MR) is 100 cm³/mol. The molecular weight excluding hydrogens is 342 g/mol. The van der Waals surface area contributed by atoms with Gasteiger partial charge in [-0.05, 0) is 37.6 Å². The number of likely N-dealkylation sites (tertiary alicyclic amines) is 1. The van der Waals surface area contributed by atoms with Gasteiger partial charge in [-0.1, -0.05) is 18.2 Å². The van der Waals surface area contributed by atoms with E-state index in [4.69, 9.17) is 4.42 Å². The Hall–Kier alpha value is -2.99. The number of piperidine rings is 1. The van der Waals surface area contributed by atoms with Crippen molar-refractivity contribution in [3.05, 3.63) is 72.0 Å². The van der Waals surface area contributed by atoms with Crippen LogP contribution in [0.1, 0.15) is 40.6 Å². The van der Waals surface area contributed by atoms with Gasteiger partial charge < -0.3 is 9.52 Å². The van der Waals surface area contributed by atoms with Gasteiger partial charge >= 0.3 is 5.97 Å². The van der Waals surface area contributed by atoms with E-state index in [1.54, 1.807) is 30.6 Å². The van der Waals surface area contributed by atoms with Crippen molar-refractivity contribution in [3.8, 4) is 11.3 Å². The van der Waals surface area contributed by atoms with Crippen LogP contribution in [0.3, 0.4) is 0 Å². The topological polar surface area (TPSA) is 79.5 Å². The molecule has 0 radical (unpaired) electrons. The molecule has 138 valence electrons. The average molecular weight is 363 g/mol. The Morgan fingerprint density at radius 1 is 1.22 bits per heavy atom. The number of rotatable bonds is 5. The molecule has 0 unspecified atom stereocenters. The largest absolute Gasteiger partial charge is 0.478 e. The Labute approximate surface area is 157 Å². The summed E-state index contributed by atoms with van der Waals surface area (Å²) in [5, 5.41) is 9.37. The second-order valence-electron chi connectivity index (χ2n) is 6.82. The van der Waals surface area contributed by atoms with E-state index in [-0.39, 0.29) is 5.56 Å². The maximum Gasteiger partial charge on any atom is 0.336 e. The molecule has 0 aliphatic carbocycles. The quantitative estimate of drug-likeness (QED) is 0.742. The highest BCUT2D eigenvalue weighted by atomic mass is 16.4. The van der Waals surface area contributed by atoms with Crippen molar-refractivity contribution in [2.45, 2.75) is 25.3 Å². The number of furan rings is 1. The highest BCUT2D eigenvalue weighted by Crippen LogP contribution is 2.29. The van der Waals surface area contributed by atoms with E-state index in [2.05, 4.69) is 14.9 Å². The van der Waals surface area contributed by atoms with E-state index in [0.29, 0.717) is 23.8 Å². The fraction of sp³-hybridized carbons (Fsp3) is 0.286. The van der Waals surface area contributed by atoms with Crippen molar-refractivity contribution in [2.24, 2.45) is 0 Å². The maximum atomic E-state index is 11.4. The molecule has 2 aromatic heterocycles. The van der Waals surface area contributed by atoms with Crippen molar-refractivity contribution in [1.29, 1.82) is 0 Å². The van der Waals surface area contributed by atoms with Crippen LogP contribution in [0, 0.1) is 0 Å². The lowest BCUT2D eigenvalue weighted by molar-refractivity contribution is 0.0697. The molecule has 4 rings (SSSR count). The molecule has 1 aliphatic rings. The first-order valence-electron chi connectivity index (χ1n) is 9.10. The molecule has 6 heteroatoms. The molecule has 1 atom stereocenters. The van der Waals surface area contributed by atoms with Gasteiger partial charge in [0.25, 0.3) is 0 Å². The van der Waals surface area contributed by atoms with Gasteiger partial charge in [0.15, 0.2) is 0 Å². The Balaban J connectivity index is 1.48. The van der Waals surface area contributed by atoms with Crippen molar-refractivity contribution >= 4 is 5.97 Å². The van der Waals surface area contributed by atoms with Gasteiger partial charge in [-0.25, -0.2) is 4.79 Å². The normalized spacial score (nSPS) is 17.7. The molecule has 3 heterocycles. The SMILES string of the molecule is O=C(O)c1ccccc1-c1ccc(CN2CCC[C@H](c3cnccn3)C2)o1. The minimum absolute atomic E-state index is 0.249. The zero-order chi connectivity index (χ0) is 18.6. The van der Waals surface area contributed by atoms with Gasteiger partial charge in [0.1, 0.15) is 11.5 Å². The van der Waals surface area contributed by atoms with Crippen LogP contribution in [0.2, 0.25) is 0 Å². The maximum absolute atomic E-state index is 11.4. The first kappa shape index (κ1) is 17.4. The lowest BCUT2D eigenvalue weighted by Gasteiger charge is -2.31. The summed E-state index contributed by atoms with van der Waals surface area (Å²) in [6, 6.07) is 10.7. The summed E-state index contributed by atoms with van der Waals surface area (Å²) in [4.78, 5) is 22.4. The summed E-state index contributed by atoms with van der Waals surface area (Å²) < 4.78 is 5.97. The minimum atomic E-state index is -0.952. The molecule has 1 aromatic carbocycles. The molecule has 0 saturated carbocycles. The van der Waals surface area contributed by atoms with Gasteiger partial charge in [0, 0.05) is 36.6 Å². The van der Waals surface area contributed by atoms with E-state index in [1.807, 2.05) is 24.4 Å². The zero-order valence-electron chi connectivity index (χ0n) is 14.9. The number of nitrogens with zero attached hydrogens (tertiary/aromatic N) is 3. The van der Waals surface area contributed by atoms with E-state index >= 15 is 0 Å². The Kier molecular flexibility index (Phi) is 4.98. The van der Waals surface area contributed by atoms with Crippen LogP contribution in [0.5, 0.6) is 0 Å². The Morgan fingerprint density at radius 3 is 2.93 bits per heavy atom. The van der Waals surface area contributed by atoms with Crippen molar-refractivity contribution in [3.63, 3.8) is 0 Å². The van der Waals surface area contributed by atoms with Crippen LogP contribution in [0.4, 0.5) is 0 Å². The molecule has 1 N–H and O–H groups in total. The number of aromatic nitrogens is 2. The fourth-order valence-electron chi connectivity index (χ4n) is 3.67. The van der Waals surface area contributed by atoms with Gasteiger partial charge in [0.2, 0.25) is 0 Å². The molecule has 3 aromatic rings. The number of carbonyl (C=O) groups is 1. The van der Waals surface area contributed by atoms with Gasteiger partial charge in [0.05, 0.1) is 17.8 Å². The summed E-state index contributed by atoms with van der Waals surface area (Å²) in [6.45, 7) is 2.63. The molecule has 0 amide bonds. The summed E-state index contributed by atoms with van der Waals surface area (Å²) in [6.07, 6.45) is 7.51. The molecule has 0 bridgehead atoms. The smallest absolute Gasteiger partial charge is 0.336 e. The summed E-state index contributed by atoms with van der Waals surface area (Å²) in [5.41, 5.74) is 1.89. The van der Waals surface area contributed by atoms with E-state index in [0.717, 1.165) is 37.4 Å². The number of aromatic carboxylic acids is 1. The highest BCUT2D eigenvalue weighted by molar-refractivity contribution is 5.95. The average Bonchev–Trinajstić information content (AvgIpc) is 3.17. The van der Waals surface area contributed by atoms with Gasteiger partial charge in [-0.15, -0.1) is 0 Å². The molecule has 6 nitrogen and oxygen atoms in total. The molecule has 27 heavy (non-hydrogen) atoms. The molecule has 0 spiro atoms. The second kappa shape index (κ2) is 7.72. The number of hydrogen-bond donors (Lipinski definition) is 1. The number of carboxylic acid groups (broad SMARTS) is 1. The summed E-state index contributed by atoms with van der Waals surface area (Å²) in [5.74, 6) is 0.858. The van der Waals surface area contributed by atoms with Crippen molar-refractivity contribution in [1.82, 2.24) is 14.9 Å². The van der Waals surface area contributed by atoms with Crippen LogP contribution in [0.15, 0.2) is 59.4 Å². The summed E-state index contributed by atoms with van der Waals surface area (Å²) >= 11 is 0. The summed E-state index contributed by atoms with van der Waals surface area (Å²) in [7, 11) is 0. The third-order valence-electron chi connectivity index (χ3n) is 4.97. The Morgan fingerprint density at radius 2 is 2.11 bits per heavy atom. The standard InChI is InChI=1S/C21H21N3O3/c25-21(26)18-6-2-1-5-17(18)20-8-7-16(27-20)14-24-11-3-4-15(13-24)19-12-22-9-10-23-19/h1-2,5-10,12,15H,3-4,11,13-14H2,(H,25,26)/t15-/m0/s1. The van der Waals surface area contributed by atoms with Crippen LogP contribution in [-0.2, 0) is 6.54 Å². The van der Waals surface area contributed by atoms with Crippen molar-refractivity contribution in [2.75, 3.05) is 13.1 Å². The molecule has 1 fully saturated rings. The van der Waals surface area contributed by atoms with Crippen LogP contribution in [-0.4, -0.2) is 39.0 Å². The first-order valence-corrected chi connectivity index (χ1v) is 9.10. The van der Waals surface area contributed by atoms with Gasteiger partial charge in [-0.2, -0.15) is 0 Å². The van der Waals surface area contributed by atoms with Crippen LogP contribution >= 0.6 is 0 Å². The third-order valence-corrected chi connectivity index (χ3v) is 4.97. The first-order chi connectivity index (χ1) is 13.2. The van der Waals surface area contributed by atoms with Gasteiger partial charge in [-0.3, -0.25) is 14.9 Å². The van der Waals surface area contributed by atoms with Crippen LogP contribution in [0.25, 0.3) is 11.3 Å². The number of benzene rings is 1. The van der Waals surface area contributed by atoms with E-state index in [1.165, 1.54) is 0 Å². The molecule has 1 aliphatic heterocycles. The van der Waals surface area contributed by atoms with E-state index < -0.39 is 5.97 Å². The van der Waals surface area contributed by atoms with E-state index in [9.17, 15) is 9.90 Å². The lowest BCUT2D eigenvalue weighted by Crippen LogP contribution is -2.34. The predicted octanol–water partition coefficient (Wildman–Crippen LogP) is 3.81. The zero-order valence-corrected chi connectivity index (χ0v) is 14.9. The fourth-order valence-corrected chi connectivity index (χ4v) is 3.67. The minimum Gasteiger partial charge on any atom is -0.478 e. The number of hydrogen-bond acceptors (Lipinski definition) is 5. The third kappa shape index (κ3) is 3.90. The monoisotopic (exact) mass is 363 g/mol.